The van der Waals surface area contributed by atoms with Crippen LogP contribution in [0.5, 0.6) is 0 Å². The fourth-order valence-corrected chi connectivity index (χ4v) is 2.85. The summed E-state index contributed by atoms with van der Waals surface area (Å²) >= 11 is 10.7. The van der Waals surface area contributed by atoms with E-state index >= 15 is 0 Å². The zero-order valence-corrected chi connectivity index (χ0v) is 14.6. The number of fused-ring (bicyclic) bond motifs is 1. The van der Waals surface area contributed by atoms with Crippen LogP contribution < -0.4 is 10.9 Å². The molecule has 0 saturated carbocycles. The van der Waals surface area contributed by atoms with Crippen LogP contribution in [0.25, 0.3) is 10.9 Å². The monoisotopic (exact) mass is 377 g/mol. The van der Waals surface area contributed by atoms with Crippen LogP contribution in [0.4, 0.5) is 4.39 Å². The first kappa shape index (κ1) is 17.3. The standard InChI is InChI=1S/C17H13ClFN3O2S/c1-8(9-3-5-13(19)12(18)6-9)20-15(23)10-2-4-11-14(7-10)21-17(25)22-16(11)24/h2-8H,1H3,(H,20,23)(H2,21,22,24,25)/t8-/m1/s1. The van der Waals surface area contributed by atoms with E-state index in [1.807, 2.05) is 0 Å². The van der Waals surface area contributed by atoms with E-state index in [0.29, 0.717) is 22.0 Å². The topological polar surface area (TPSA) is 77.8 Å². The van der Waals surface area contributed by atoms with Gasteiger partial charge in [-0.25, -0.2) is 4.39 Å². The summed E-state index contributed by atoms with van der Waals surface area (Å²) in [5.41, 5.74) is 1.19. The van der Waals surface area contributed by atoms with Gasteiger partial charge in [0.25, 0.3) is 11.5 Å². The summed E-state index contributed by atoms with van der Waals surface area (Å²) < 4.78 is 13.4. The number of amides is 1. The van der Waals surface area contributed by atoms with Crippen molar-refractivity contribution in [2.24, 2.45) is 0 Å². The van der Waals surface area contributed by atoms with Gasteiger partial charge in [-0.1, -0.05) is 17.7 Å². The molecular formula is C17H13ClFN3O2S. The number of benzene rings is 2. The molecule has 2 aromatic carbocycles. The van der Waals surface area contributed by atoms with E-state index in [4.69, 9.17) is 23.8 Å². The Bertz CT molecular complexity index is 1090. The number of hydrogen-bond donors (Lipinski definition) is 3. The summed E-state index contributed by atoms with van der Waals surface area (Å²) in [6, 6.07) is 8.56. The normalized spacial score (nSPS) is 12.1. The molecular weight excluding hydrogens is 365 g/mol. The molecule has 1 amide bonds. The minimum Gasteiger partial charge on any atom is -0.346 e. The van der Waals surface area contributed by atoms with Gasteiger partial charge in [-0.15, -0.1) is 0 Å². The highest BCUT2D eigenvalue weighted by Gasteiger charge is 2.14. The molecule has 5 nitrogen and oxygen atoms in total. The molecule has 8 heteroatoms. The van der Waals surface area contributed by atoms with Crippen LogP contribution in [-0.4, -0.2) is 15.9 Å². The van der Waals surface area contributed by atoms with Crippen LogP contribution >= 0.6 is 23.8 Å². The zero-order chi connectivity index (χ0) is 18.1. The van der Waals surface area contributed by atoms with E-state index in [1.54, 1.807) is 31.2 Å². The van der Waals surface area contributed by atoms with Gasteiger partial charge in [0.05, 0.1) is 22.0 Å². The molecule has 0 aliphatic heterocycles. The Labute approximate surface area is 151 Å². The summed E-state index contributed by atoms with van der Waals surface area (Å²) in [5.74, 6) is -0.853. The summed E-state index contributed by atoms with van der Waals surface area (Å²) in [6.45, 7) is 1.76. The molecule has 0 radical (unpaired) electrons. The predicted molar refractivity (Wildman–Crippen MR) is 97.0 cm³/mol. The van der Waals surface area contributed by atoms with Crippen LogP contribution in [-0.2, 0) is 0 Å². The Balaban J connectivity index is 1.87. The van der Waals surface area contributed by atoms with Crippen molar-refractivity contribution in [3.63, 3.8) is 0 Å². The lowest BCUT2D eigenvalue weighted by Crippen LogP contribution is -2.26. The Hall–Kier alpha value is -2.51. The van der Waals surface area contributed by atoms with Crippen LogP contribution in [0.2, 0.25) is 5.02 Å². The number of carbonyl (C=O) groups excluding carboxylic acids is 1. The highest BCUT2D eigenvalue weighted by molar-refractivity contribution is 7.71. The molecule has 1 heterocycles. The Morgan fingerprint density at radius 1 is 1.24 bits per heavy atom. The van der Waals surface area contributed by atoms with Gasteiger partial charge >= 0.3 is 0 Å². The van der Waals surface area contributed by atoms with Crippen LogP contribution in [0.3, 0.4) is 0 Å². The number of carbonyl (C=O) groups is 1. The first-order valence-electron chi connectivity index (χ1n) is 7.37. The summed E-state index contributed by atoms with van der Waals surface area (Å²) in [5, 5.41) is 3.21. The second kappa shape index (κ2) is 6.78. The van der Waals surface area contributed by atoms with E-state index in [-0.39, 0.29) is 27.3 Å². The highest BCUT2D eigenvalue weighted by Crippen LogP contribution is 2.21. The molecule has 0 unspecified atom stereocenters. The lowest BCUT2D eigenvalue weighted by atomic mass is 10.1. The van der Waals surface area contributed by atoms with Crippen molar-refractivity contribution in [1.82, 2.24) is 15.3 Å². The van der Waals surface area contributed by atoms with Crippen LogP contribution in [0.1, 0.15) is 28.9 Å². The number of aromatic nitrogens is 2. The van der Waals surface area contributed by atoms with Gasteiger partial charge in [-0.05, 0) is 55.0 Å². The number of halogens is 2. The van der Waals surface area contributed by atoms with Crippen molar-refractivity contribution in [3.8, 4) is 0 Å². The minimum atomic E-state index is -0.515. The second-order valence-corrected chi connectivity index (χ2v) is 6.35. The average molecular weight is 378 g/mol. The van der Waals surface area contributed by atoms with E-state index < -0.39 is 5.82 Å². The van der Waals surface area contributed by atoms with Gasteiger partial charge in [0.2, 0.25) is 0 Å². The molecule has 128 valence electrons. The molecule has 0 bridgehead atoms. The number of aromatic amines is 2. The van der Waals surface area contributed by atoms with Crippen molar-refractivity contribution in [2.75, 3.05) is 0 Å². The molecule has 3 rings (SSSR count). The molecule has 1 aromatic heterocycles. The zero-order valence-electron chi connectivity index (χ0n) is 13.0. The van der Waals surface area contributed by atoms with Crippen LogP contribution in [0.15, 0.2) is 41.2 Å². The molecule has 0 spiro atoms. The van der Waals surface area contributed by atoms with Gasteiger partial charge in [-0.2, -0.15) is 0 Å². The number of nitrogens with one attached hydrogen (secondary N) is 3. The van der Waals surface area contributed by atoms with Gasteiger partial charge in [0.1, 0.15) is 5.82 Å². The largest absolute Gasteiger partial charge is 0.346 e. The summed E-state index contributed by atoms with van der Waals surface area (Å²) in [7, 11) is 0. The van der Waals surface area contributed by atoms with E-state index in [0.717, 1.165) is 0 Å². The number of rotatable bonds is 3. The Morgan fingerprint density at radius 2 is 2.00 bits per heavy atom. The first-order chi connectivity index (χ1) is 11.8. The molecule has 0 aliphatic rings. The maximum atomic E-state index is 13.2. The smallest absolute Gasteiger partial charge is 0.259 e. The third kappa shape index (κ3) is 3.62. The summed E-state index contributed by atoms with van der Waals surface area (Å²) in [6.07, 6.45) is 0. The fourth-order valence-electron chi connectivity index (χ4n) is 2.46. The van der Waals surface area contributed by atoms with Crippen molar-refractivity contribution in [2.45, 2.75) is 13.0 Å². The van der Waals surface area contributed by atoms with Crippen molar-refractivity contribution in [3.05, 3.63) is 73.5 Å². The van der Waals surface area contributed by atoms with Gasteiger partial charge in [0.15, 0.2) is 4.77 Å². The first-order valence-corrected chi connectivity index (χ1v) is 8.16. The SMILES string of the molecule is C[C@@H](NC(=O)c1ccc2c(=O)[nH]c(=S)[nH]c2c1)c1ccc(F)c(Cl)c1. The van der Waals surface area contributed by atoms with Crippen LogP contribution in [0, 0.1) is 10.6 Å². The van der Waals surface area contributed by atoms with Crippen molar-refractivity contribution >= 4 is 40.6 Å². The third-order valence-electron chi connectivity index (χ3n) is 3.79. The number of H-pyrrole nitrogens is 2. The lowest BCUT2D eigenvalue weighted by Gasteiger charge is -2.15. The molecule has 3 aromatic rings. The molecule has 3 N–H and O–H groups in total. The highest BCUT2D eigenvalue weighted by atomic mass is 35.5. The van der Waals surface area contributed by atoms with Crippen molar-refractivity contribution < 1.29 is 9.18 Å². The van der Waals surface area contributed by atoms with E-state index in [9.17, 15) is 14.0 Å². The van der Waals surface area contributed by atoms with E-state index in [2.05, 4.69) is 15.3 Å². The molecule has 25 heavy (non-hydrogen) atoms. The Morgan fingerprint density at radius 3 is 2.72 bits per heavy atom. The average Bonchev–Trinajstić information content (AvgIpc) is 2.56. The minimum absolute atomic E-state index is 0.00361. The number of hydrogen-bond acceptors (Lipinski definition) is 3. The quantitative estimate of drug-likeness (QED) is 0.606. The van der Waals surface area contributed by atoms with Gasteiger partial charge < -0.3 is 10.3 Å². The lowest BCUT2D eigenvalue weighted by molar-refractivity contribution is 0.0940. The molecule has 0 saturated heterocycles. The molecule has 1 atom stereocenters. The summed E-state index contributed by atoms with van der Waals surface area (Å²) in [4.78, 5) is 29.6. The second-order valence-electron chi connectivity index (χ2n) is 5.54. The van der Waals surface area contributed by atoms with Gasteiger partial charge in [-0.3, -0.25) is 14.6 Å². The maximum Gasteiger partial charge on any atom is 0.259 e. The Kier molecular flexibility index (Phi) is 4.69. The van der Waals surface area contributed by atoms with E-state index in [1.165, 1.54) is 12.1 Å². The maximum absolute atomic E-state index is 13.2. The fraction of sp³-hybridized carbons (Fsp3) is 0.118. The van der Waals surface area contributed by atoms with Gasteiger partial charge in [0, 0.05) is 5.56 Å². The van der Waals surface area contributed by atoms with Crippen molar-refractivity contribution in [1.29, 1.82) is 0 Å². The molecule has 0 aliphatic carbocycles. The molecule has 0 fully saturated rings. The predicted octanol–water partition coefficient (Wildman–Crippen LogP) is 3.87. The third-order valence-corrected chi connectivity index (χ3v) is 4.29.